The van der Waals surface area contributed by atoms with Crippen molar-refractivity contribution in [2.75, 3.05) is 11.1 Å². The van der Waals surface area contributed by atoms with Gasteiger partial charge in [0.1, 0.15) is 0 Å². The van der Waals surface area contributed by atoms with Crippen LogP contribution in [-0.4, -0.2) is 10.9 Å². The number of carbonyl (C=O) groups excluding carboxylic acids is 1. The summed E-state index contributed by atoms with van der Waals surface area (Å²) in [4.78, 5) is 16.8. The molecule has 3 unspecified atom stereocenters. The summed E-state index contributed by atoms with van der Waals surface area (Å²) in [7, 11) is 0. The zero-order valence-electron chi connectivity index (χ0n) is 11.1. The number of fused-ring (bicyclic) bond motifs is 3. The second kappa shape index (κ2) is 4.45. The standard InChI is InChI=1S/C15H17N3OS/c16-10-3-4-12-13(7-10)20-15(17-12)18-14(19)11-6-8-1-2-9(11)5-8/h3-4,7-9,11H,1-2,5-6,16H2,(H,17,18,19). The van der Waals surface area contributed by atoms with Crippen LogP contribution >= 0.6 is 11.3 Å². The summed E-state index contributed by atoms with van der Waals surface area (Å²) in [5.74, 6) is 1.74. The summed E-state index contributed by atoms with van der Waals surface area (Å²) in [5, 5.41) is 3.70. The van der Waals surface area contributed by atoms with Crippen LogP contribution < -0.4 is 11.1 Å². The first kappa shape index (κ1) is 12.1. The number of rotatable bonds is 2. The van der Waals surface area contributed by atoms with Crippen molar-refractivity contribution in [1.29, 1.82) is 0 Å². The number of benzene rings is 1. The molecule has 2 saturated carbocycles. The van der Waals surface area contributed by atoms with Crippen LogP contribution in [0, 0.1) is 17.8 Å². The number of hydrogen-bond acceptors (Lipinski definition) is 4. The van der Waals surface area contributed by atoms with Gasteiger partial charge in [0.05, 0.1) is 10.2 Å². The number of aromatic nitrogens is 1. The molecule has 0 saturated heterocycles. The van der Waals surface area contributed by atoms with Crippen LogP contribution in [0.25, 0.3) is 10.2 Å². The summed E-state index contributed by atoms with van der Waals surface area (Å²) in [5.41, 5.74) is 7.39. The van der Waals surface area contributed by atoms with Gasteiger partial charge in [0.15, 0.2) is 5.13 Å². The van der Waals surface area contributed by atoms with E-state index in [0.717, 1.165) is 28.2 Å². The van der Waals surface area contributed by atoms with E-state index in [2.05, 4.69) is 10.3 Å². The third-order valence-electron chi connectivity index (χ3n) is 4.72. The minimum Gasteiger partial charge on any atom is -0.399 e. The highest BCUT2D eigenvalue weighted by Gasteiger charge is 2.43. The second-order valence-corrected chi connectivity index (χ2v) is 7.05. The maximum Gasteiger partial charge on any atom is 0.229 e. The Hall–Kier alpha value is -1.62. The highest BCUT2D eigenvalue weighted by Crippen LogP contribution is 2.48. The average Bonchev–Trinajstić information content (AvgIpc) is 3.11. The molecular weight excluding hydrogens is 270 g/mol. The molecule has 2 fully saturated rings. The minimum absolute atomic E-state index is 0.157. The number of hydrogen-bond donors (Lipinski definition) is 2. The van der Waals surface area contributed by atoms with Crippen molar-refractivity contribution in [1.82, 2.24) is 4.98 Å². The van der Waals surface area contributed by atoms with Gasteiger partial charge in [0.2, 0.25) is 5.91 Å². The maximum atomic E-state index is 12.4. The van der Waals surface area contributed by atoms with Gasteiger partial charge >= 0.3 is 0 Å². The number of anilines is 2. The van der Waals surface area contributed by atoms with E-state index in [1.807, 2.05) is 18.2 Å². The Morgan fingerprint density at radius 1 is 1.35 bits per heavy atom. The monoisotopic (exact) mass is 287 g/mol. The van der Waals surface area contributed by atoms with E-state index in [0.29, 0.717) is 11.0 Å². The van der Waals surface area contributed by atoms with Crippen LogP contribution in [0.3, 0.4) is 0 Å². The first-order valence-electron chi connectivity index (χ1n) is 7.16. The molecule has 2 aliphatic carbocycles. The van der Waals surface area contributed by atoms with Crippen molar-refractivity contribution in [3.05, 3.63) is 18.2 Å². The van der Waals surface area contributed by atoms with E-state index in [4.69, 9.17) is 5.73 Å². The number of amides is 1. The van der Waals surface area contributed by atoms with Crippen molar-refractivity contribution in [2.45, 2.75) is 25.7 Å². The molecule has 1 amide bonds. The molecule has 0 radical (unpaired) electrons. The zero-order chi connectivity index (χ0) is 13.7. The Balaban J connectivity index is 1.53. The van der Waals surface area contributed by atoms with Crippen molar-refractivity contribution in [2.24, 2.45) is 17.8 Å². The van der Waals surface area contributed by atoms with E-state index in [9.17, 15) is 4.79 Å². The second-order valence-electron chi connectivity index (χ2n) is 6.02. The Labute approximate surface area is 121 Å². The van der Waals surface area contributed by atoms with E-state index in [1.165, 1.54) is 30.6 Å². The molecule has 4 rings (SSSR count). The lowest BCUT2D eigenvalue weighted by Gasteiger charge is -2.19. The van der Waals surface area contributed by atoms with Gasteiger partial charge in [0, 0.05) is 11.6 Å². The molecule has 104 valence electrons. The van der Waals surface area contributed by atoms with Crippen LogP contribution in [0.15, 0.2) is 18.2 Å². The number of nitrogen functional groups attached to an aromatic ring is 1. The van der Waals surface area contributed by atoms with Gasteiger partial charge in [-0.2, -0.15) is 0 Å². The SMILES string of the molecule is Nc1ccc2nc(NC(=O)C3CC4CCC3C4)sc2c1. The molecule has 3 N–H and O–H groups in total. The Kier molecular flexibility index (Phi) is 2.70. The minimum atomic E-state index is 0.157. The van der Waals surface area contributed by atoms with Crippen molar-refractivity contribution in [3.8, 4) is 0 Å². The molecule has 2 bridgehead atoms. The molecule has 1 heterocycles. The maximum absolute atomic E-state index is 12.4. The molecule has 0 aliphatic heterocycles. The van der Waals surface area contributed by atoms with Gasteiger partial charge in [-0.3, -0.25) is 4.79 Å². The van der Waals surface area contributed by atoms with Gasteiger partial charge in [0.25, 0.3) is 0 Å². The predicted octanol–water partition coefficient (Wildman–Crippen LogP) is 3.25. The van der Waals surface area contributed by atoms with Gasteiger partial charge < -0.3 is 11.1 Å². The number of nitrogens with two attached hydrogens (primary N) is 1. The highest BCUT2D eigenvalue weighted by molar-refractivity contribution is 7.22. The van der Waals surface area contributed by atoms with E-state index in [1.54, 1.807) is 0 Å². The number of nitrogens with zero attached hydrogens (tertiary/aromatic N) is 1. The fraction of sp³-hybridized carbons (Fsp3) is 0.467. The molecule has 0 spiro atoms. The molecular formula is C15H17N3OS. The molecule has 4 nitrogen and oxygen atoms in total. The van der Waals surface area contributed by atoms with E-state index in [-0.39, 0.29) is 11.8 Å². The summed E-state index contributed by atoms with van der Waals surface area (Å²) in [6, 6.07) is 5.64. The van der Waals surface area contributed by atoms with Crippen LogP contribution in [0.1, 0.15) is 25.7 Å². The molecule has 2 aromatic rings. The number of carbonyl (C=O) groups is 1. The van der Waals surface area contributed by atoms with Gasteiger partial charge in [-0.25, -0.2) is 4.98 Å². The van der Waals surface area contributed by atoms with Crippen molar-refractivity contribution < 1.29 is 4.79 Å². The number of thiazole rings is 1. The lowest BCUT2D eigenvalue weighted by atomic mass is 9.88. The van der Waals surface area contributed by atoms with Gasteiger partial charge in [-0.15, -0.1) is 0 Å². The van der Waals surface area contributed by atoms with Crippen LogP contribution in [-0.2, 0) is 4.79 Å². The van der Waals surface area contributed by atoms with Gasteiger partial charge in [-0.05, 0) is 49.3 Å². The quantitative estimate of drug-likeness (QED) is 0.833. The molecule has 2 aliphatic rings. The Morgan fingerprint density at radius 3 is 3.00 bits per heavy atom. The average molecular weight is 287 g/mol. The summed E-state index contributed by atoms with van der Waals surface area (Å²) in [6.07, 6.45) is 4.84. The molecule has 1 aromatic heterocycles. The first-order chi connectivity index (χ1) is 9.69. The molecule has 3 atom stereocenters. The smallest absolute Gasteiger partial charge is 0.229 e. The normalized spacial score (nSPS) is 28.1. The topological polar surface area (TPSA) is 68.0 Å². The highest BCUT2D eigenvalue weighted by atomic mass is 32.1. The zero-order valence-corrected chi connectivity index (χ0v) is 12.0. The lowest BCUT2D eigenvalue weighted by molar-refractivity contribution is -0.121. The Morgan fingerprint density at radius 2 is 2.25 bits per heavy atom. The summed E-state index contributed by atoms with van der Waals surface area (Å²) in [6.45, 7) is 0. The Bertz CT molecular complexity index is 681. The molecule has 1 aromatic carbocycles. The van der Waals surface area contributed by atoms with Crippen LogP contribution in [0.4, 0.5) is 10.8 Å². The van der Waals surface area contributed by atoms with Gasteiger partial charge in [-0.1, -0.05) is 17.8 Å². The van der Waals surface area contributed by atoms with Crippen molar-refractivity contribution in [3.63, 3.8) is 0 Å². The predicted molar refractivity (Wildman–Crippen MR) is 81.6 cm³/mol. The molecule has 5 heteroatoms. The van der Waals surface area contributed by atoms with Crippen LogP contribution in [0.2, 0.25) is 0 Å². The summed E-state index contributed by atoms with van der Waals surface area (Å²) < 4.78 is 1.02. The first-order valence-corrected chi connectivity index (χ1v) is 7.97. The third-order valence-corrected chi connectivity index (χ3v) is 5.65. The van der Waals surface area contributed by atoms with Crippen LogP contribution in [0.5, 0.6) is 0 Å². The van der Waals surface area contributed by atoms with Crippen molar-refractivity contribution >= 4 is 38.3 Å². The largest absolute Gasteiger partial charge is 0.399 e. The summed E-state index contributed by atoms with van der Waals surface area (Å²) >= 11 is 1.50. The van der Waals surface area contributed by atoms with E-state index >= 15 is 0 Å². The lowest BCUT2D eigenvalue weighted by Crippen LogP contribution is -2.27. The molecule has 20 heavy (non-hydrogen) atoms. The number of nitrogens with one attached hydrogen (secondary N) is 1. The van der Waals surface area contributed by atoms with E-state index < -0.39 is 0 Å². The fourth-order valence-electron chi connectivity index (χ4n) is 3.76. The fourth-order valence-corrected chi connectivity index (χ4v) is 4.68. The third kappa shape index (κ3) is 1.97.